The highest BCUT2D eigenvalue weighted by Gasteiger charge is 2.26. The summed E-state index contributed by atoms with van der Waals surface area (Å²) in [5.74, 6) is 1.08. The maximum Gasteiger partial charge on any atom is 0.354 e. The number of aromatic nitrogens is 1. The fourth-order valence-electron chi connectivity index (χ4n) is 3.18. The minimum absolute atomic E-state index is 0.382. The minimum Gasteiger partial charge on any atom is -0.493 e. The fourth-order valence-corrected chi connectivity index (χ4v) is 3.18. The van der Waals surface area contributed by atoms with Crippen molar-refractivity contribution in [2.75, 3.05) is 35.0 Å². The van der Waals surface area contributed by atoms with Crippen molar-refractivity contribution in [3.63, 3.8) is 0 Å². The molecule has 0 unspecified atom stereocenters. The van der Waals surface area contributed by atoms with Crippen molar-refractivity contribution in [3.05, 3.63) is 41.7 Å². The van der Waals surface area contributed by atoms with Crippen LogP contribution < -0.4 is 19.9 Å². The van der Waals surface area contributed by atoms with Gasteiger partial charge in [-0.1, -0.05) is 6.08 Å². The Morgan fingerprint density at radius 2 is 1.85 bits per heavy atom. The Balaban J connectivity index is 2.85. The zero-order valence-electron chi connectivity index (χ0n) is 16.2. The van der Waals surface area contributed by atoms with Crippen molar-refractivity contribution in [3.8, 4) is 28.4 Å². The van der Waals surface area contributed by atoms with Gasteiger partial charge in [-0.2, -0.15) is 0 Å². The molecular formula is C20H26N2O5. The Labute approximate surface area is 159 Å². The van der Waals surface area contributed by atoms with Crippen molar-refractivity contribution >= 4 is 5.97 Å². The van der Waals surface area contributed by atoms with Crippen LogP contribution in [0, 0.1) is 0 Å². The number of benzene rings is 1. The lowest BCUT2D eigenvalue weighted by Crippen LogP contribution is -2.06. The van der Waals surface area contributed by atoms with Crippen LogP contribution >= 0.6 is 0 Å². The number of aromatic amines is 1. The first-order chi connectivity index (χ1) is 13.1. The molecule has 0 radical (unpaired) electrons. The number of hydrogen-bond donors (Lipinski definition) is 2. The molecule has 0 aliphatic carbocycles. The summed E-state index contributed by atoms with van der Waals surface area (Å²) in [6.45, 7) is 4.22. The molecule has 7 heteroatoms. The van der Waals surface area contributed by atoms with E-state index < -0.39 is 5.97 Å². The summed E-state index contributed by atoms with van der Waals surface area (Å²) >= 11 is 0. The van der Waals surface area contributed by atoms with Gasteiger partial charge in [0.25, 0.3) is 0 Å². The molecule has 0 bridgehead atoms. The zero-order chi connectivity index (χ0) is 20.0. The number of rotatable bonds is 9. The molecule has 1 aromatic carbocycles. The van der Waals surface area contributed by atoms with Crippen LogP contribution in [-0.4, -0.2) is 45.9 Å². The van der Waals surface area contributed by atoms with Crippen molar-refractivity contribution in [1.29, 1.82) is 0 Å². The van der Waals surface area contributed by atoms with E-state index in [0.29, 0.717) is 42.3 Å². The maximum atomic E-state index is 12.3. The molecule has 0 aliphatic rings. The number of hydrogen-bond acceptors (Lipinski definition) is 6. The van der Waals surface area contributed by atoms with E-state index in [1.54, 1.807) is 33.5 Å². The molecule has 0 atom stereocenters. The van der Waals surface area contributed by atoms with E-state index in [-0.39, 0.29) is 0 Å². The average Bonchev–Trinajstić information content (AvgIpc) is 3.04. The number of ether oxygens (including phenoxy) is 4. The van der Waals surface area contributed by atoms with Crippen LogP contribution in [0.2, 0.25) is 0 Å². The first-order valence-corrected chi connectivity index (χ1v) is 8.50. The summed E-state index contributed by atoms with van der Waals surface area (Å²) in [4.78, 5) is 15.5. The number of esters is 1. The van der Waals surface area contributed by atoms with E-state index in [0.717, 1.165) is 22.4 Å². The number of allylic oxidation sites excluding steroid dienone is 1. The summed E-state index contributed by atoms with van der Waals surface area (Å²) in [7, 11) is 6.02. The molecular weight excluding hydrogens is 348 g/mol. The summed E-state index contributed by atoms with van der Waals surface area (Å²) in [5, 5.41) is 0. The van der Waals surface area contributed by atoms with E-state index in [9.17, 15) is 4.79 Å². The average molecular weight is 374 g/mol. The van der Waals surface area contributed by atoms with Gasteiger partial charge in [0.05, 0.1) is 28.4 Å². The molecule has 2 aromatic rings. The Bertz CT molecular complexity index is 826. The Morgan fingerprint density at radius 3 is 2.37 bits per heavy atom. The minimum atomic E-state index is -0.448. The first kappa shape index (κ1) is 20.4. The van der Waals surface area contributed by atoms with Gasteiger partial charge in [-0.25, -0.2) is 4.79 Å². The molecule has 3 N–H and O–H groups in total. The van der Waals surface area contributed by atoms with Crippen LogP contribution in [0.5, 0.6) is 17.2 Å². The highest BCUT2D eigenvalue weighted by molar-refractivity contribution is 5.94. The number of nitrogens with two attached hydrogens (primary N) is 1. The zero-order valence-corrected chi connectivity index (χ0v) is 16.2. The van der Waals surface area contributed by atoms with Crippen LogP contribution in [0.15, 0.2) is 24.8 Å². The molecule has 1 heterocycles. The smallest absolute Gasteiger partial charge is 0.354 e. The third-order valence-corrected chi connectivity index (χ3v) is 4.29. The number of methoxy groups -OCH3 is 4. The molecule has 7 nitrogen and oxygen atoms in total. The van der Waals surface area contributed by atoms with E-state index in [1.165, 1.54) is 7.11 Å². The lowest BCUT2D eigenvalue weighted by molar-refractivity contribution is 0.0593. The van der Waals surface area contributed by atoms with Gasteiger partial charge in [0.15, 0.2) is 11.5 Å². The summed E-state index contributed by atoms with van der Waals surface area (Å²) in [6, 6.07) is 3.67. The predicted octanol–water partition coefficient (Wildman–Crippen LogP) is 2.72. The van der Waals surface area contributed by atoms with Gasteiger partial charge in [0, 0.05) is 23.2 Å². The first-order valence-electron chi connectivity index (χ1n) is 8.50. The second-order valence-corrected chi connectivity index (χ2v) is 5.74. The van der Waals surface area contributed by atoms with Crippen molar-refractivity contribution in [2.24, 2.45) is 5.73 Å². The normalized spacial score (nSPS) is 10.4. The third-order valence-electron chi connectivity index (χ3n) is 4.29. The highest BCUT2D eigenvalue weighted by atomic mass is 16.5. The molecule has 0 saturated carbocycles. The number of H-pyrrole nitrogens is 1. The van der Waals surface area contributed by atoms with E-state index >= 15 is 0 Å². The van der Waals surface area contributed by atoms with Crippen LogP contribution in [0.3, 0.4) is 0 Å². The predicted molar refractivity (Wildman–Crippen MR) is 104 cm³/mol. The van der Waals surface area contributed by atoms with Crippen molar-refractivity contribution in [2.45, 2.75) is 12.8 Å². The van der Waals surface area contributed by atoms with Gasteiger partial charge < -0.3 is 29.7 Å². The van der Waals surface area contributed by atoms with Gasteiger partial charge in [-0.3, -0.25) is 0 Å². The molecule has 0 saturated heterocycles. The largest absolute Gasteiger partial charge is 0.493 e. The summed E-state index contributed by atoms with van der Waals surface area (Å²) < 4.78 is 21.4. The summed E-state index contributed by atoms with van der Waals surface area (Å²) in [5.41, 5.74) is 9.36. The second-order valence-electron chi connectivity index (χ2n) is 5.74. The molecule has 0 amide bonds. The van der Waals surface area contributed by atoms with Crippen LogP contribution in [0.4, 0.5) is 0 Å². The van der Waals surface area contributed by atoms with Gasteiger partial charge >= 0.3 is 5.97 Å². The monoisotopic (exact) mass is 374 g/mol. The lowest BCUT2D eigenvalue weighted by Gasteiger charge is -2.17. The number of carbonyl (C=O) groups is 1. The van der Waals surface area contributed by atoms with E-state index in [2.05, 4.69) is 11.6 Å². The molecule has 0 fully saturated rings. The molecule has 0 aliphatic heterocycles. The topological polar surface area (TPSA) is 95.8 Å². The van der Waals surface area contributed by atoms with Crippen LogP contribution in [0.1, 0.15) is 21.7 Å². The molecule has 0 spiro atoms. The Morgan fingerprint density at radius 1 is 1.15 bits per heavy atom. The standard InChI is InChI=1S/C20H26N2O5/c1-6-7-12-16(14(10-11-21)22-17(12)20(23)27-5)13-8-9-15(24-2)19(26-4)18(13)25-3/h6,8-9,22H,1,7,10-11,21H2,2-5H3. The molecule has 1 aromatic heterocycles. The number of nitrogens with one attached hydrogen (secondary N) is 1. The van der Waals surface area contributed by atoms with Crippen molar-refractivity contribution < 1.29 is 23.7 Å². The second kappa shape index (κ2) is 9.14. The molecule has 2 rings (SSSR count). The van der Waals surface area contributed by atoms with Crippen LogP contribution in [0.25, 0.3) is 11.1 Å². The van der Waals surface area contributed by atoms with Gasteiger partial charge in [0.2, 0.25) is 5.75 Å². The van der Waals surface area contributed by atoms with Crippen LogP contribution in [-0.2, 0) is 17.6 Å². The van der Waals surface area contributed by atoms with Gasteiger partial charge in [-0.15, -0.1) is 6.58 Å². The van der Waals surface area contributed by atoms with E-state index in [1.807, 2.05) is 6.07 Å². The number of carbonyl (C=O) groups excluding carboxylic acids is 1. The van der Waals surface area contributed by atoms with Gasteiger partial charge in [-0.05, 0) is 30.7 Å². The Kier molecular flexibility index (Phi) is 6.90. The molecule has 27 heavy (non-hydrogen) atoms. The Hall–Kier alpha value is -2.93. The SMILES string of the molecule is C=CCc1c(C(=O)OC)[nH]c(CCN)c1-c1ccc(OC)c(OC)c1OC. The third kappa shape index (κ3) is 3.78. The molecule has 146 valence electrons. The lowest BCUT2D eigenvalue weighted by atomic mass is 9.95. The van der Waals surface area contributed by atoms with Crippen molar-refractivity contribution in [1.82, 2.24) is 4.98 Å². The highest BCUT2D eigenvalue weighted by Crippen LogP contribution is 2.46. The maximum absolute atomic E-state index is 12.3. The van der Waals surface area contributed by atoms with Gasteiger partial charge in [0.1, 0.15) is 5.69 Å². The fraction of sp³-hybridized carbons (Fsp3) is 0.350. The quantitative estimate of drug-likeness (QED) is 0.518. The van der Waals surface area contributed by atoms with E-state index in [4.69, 9.17) is 24.7 Å². The summed E-state index contributed by atoms with van der Waals surface area (Å²) in [6.07, 6.45) is 2.75.